The zero-order chi connectivity index (χ0) is 28.7. The molecule has 0 unspecified atom stereocenters. The molecule has 208 valence electrons. The standard InChI is InChI=1S/C31H34N4O4S/c1-31(2,3)32-30(38)34-33-27-25-20-24(40-19-17-22-10-12-23(13-11-22)29(37)39-4)14-15-26(25)35(28(27)36)18-16-21-8-6-5-7-9-21/h5-15,20,36H,16-19H2,1-4H3,(H,32,38). The number of fused-ring (bicyclic) bond motifs is 1. The number of amides is 2. The van der Waals surface area contributed by atoms with E-state index in [1.807, 2.05) is 73.9 Å². The molecule has 2 amide bonds. The zero-order valence-corrected chi connectivity index (χ0v) is 24.0. The van der Waals surface area contributed by atoms with Crippen LogP contribution in [0.15, 0.2) is 87.9 Å². The van der Waals surface area contributed by atoms with E-state index in [0.29, 0.717) is 12.1 Å². The lowest BCUT2D eigenvalue weighted by Gasteiger charge is -2.17. The molecule has 3 aromatic carbocycles. The molecule has 8 nitrogen and oxygen atoms in total. The van der Waals surface area contributed by atoms with Gasteiger partial charge < -0.3 is 19.7 Å². The minimum atomic E-state index is -0.569. The third-order valence-electron chi connectivity index (χ3n) is 6.21. The highest BCUT2D eigenvalue weighted by Gasteiger charge is 2.19. The third-order valence-corrected chi connectivity index (χ3v) is 7.20. The topological polar surface area (TPSA) is 105 Å². The van der Waals surface area contributed by atoms with Gasteiger partial charge in [0.25, 0.3) is 0 Å². The summed E-state index contributed by atoms with van der Waals surface area (Å²) in [6.45, 7) is 6.14. The van der Waals surface area contributed by atoms with Crippen molar-refractivity contribution in [3.8, 4) is 5.88 Å². The van der Waals surface area contributed by atoms with E-state index in [4.69, 9.17) is 4.74 Å². The summed E-state index contributed by atoms with van der Waals surface area (Å²) in [4.78, 5) is 25.0. The first kappa shape index (κ1) is 28.9. The lowest BCUT2D eigenvalue weighted by atomic mass is 10.1. The summed E-state index contributed by atoms with van der Waals surface area (Å²) in [7, 11) is 1.37. The van der Waals surface area contributed by atoms with E-state index < -0.39 is 11.6 Å². The Hall–Kier alpha value is -4.11. The van der Waals surface area contributed by atoms with Crippen LogP contribution >= 0.6 is 11.8 Å². The predicted molar refractivity (Wildman–Crippen MR) is 159 cm³/mol. The fourth-order valence-electron chi connectivity index (χ4n) is 4.26. The molecule has 1 aromatic heterocycles. The highest BCUT2D eigenvalue weighted by molar-refractivity contribution is 7.99. The first-order chi connectivity index (χ1) is 19.1. The number of ether oxygens (including phenoxy) is 1. The van der Waals surface area contributed by atoms with Crippen LogP contribution in [0.25, 0.3) is 10.9 Å². The van der Waals surface area contributed by atoms with E-state index in [1.165, 1.54) is 7.11 Å². The van der Waals surface area contributed by atoms with Crippen molar-refractivity contribution in [2.24, 2.45) is 10.2 Å². The van der Waals surface area contributed by atoms with Gasteiger partial charge in [-0.05, 0) is 75.1 Å². The molecule has 0 bridgehead atoms. The van der Waals surface area contributed by atoms with E-state index in [-0.39, 0.29) is 17.5 Å². The molecule has 0 spiro atoms. The number of esters is 1. The number of hydrogen-bond donors (Lipinski definition) is 2. The number of azo groups is 1. The van der Waals surface area contributed by atoms with Crippen molar-refractivity contribution >= 4 is 40.4 Å². The predicted octanol–water partition coefficient (Wildman–Crippen LogP) is 7.30. The maximum Gasteiger partial charge on any atom is 0.360 e. The Morgan fingerprint density at radius 2 is 1.68 bits per heavy atom. The minimum absolute atomic E-state index is 0.0221. The molecule has 4 rings (SSSR count). The van der Waals surface area contributed by atoms with Crippen molar-refractivity contribution in [2.75, 3.05) is 12.9 Å². The largest absolute Gasteiger partial charge is 0.493 e. The highest BCUT2D eigenvalue weighted by atomic mass is 32.2. The summed E-state index contributed by atoms with van der Waals surface area (Å²) in [6.07, 6.45) is 1.54. The molecule has 0 aliphatic carbocycles. The summed E-state index contributed by atoms with van der Waals surface area (Å²) in [5.41, 5.74) is 3.44. The number of thioether (sulfide) groups is 1. The summed E-state index contributed by atoms with van der Waals surface area (Å²) in [6, 6.07) is 22.9. The van der Waals surface area contributed by atoms with Crippen LogP contribution < -0.4 is 5.32 Å². The van der Waals surface area contributed by atoms with Gasteiger partial charge in [0.1, 0.15) is 0 Å². The number of urea groups is 1. The van der Waals surface area contributed by atoms with Gasteiger partial charge in [-0.25, -0.2) is 9.59 Å². The lowest BCUT2D eigenvalue weighted by molar-refractivity contribution is 0.0600. The quantitative estimate of drug-likeness (QED) is 0.127. The second-order valence-corrected chi connectivity index (χ2v) is 11.6. The Kier molecular flexibility index (Phi) is 9.26. The Morgan fingerprint density at radius 3 is 2.35 bits per heavy atom. The van der Waals surface area contributed by atoms with Crippen LogP contribution in [0.2, 0.25) is 0 Å². The van der Waals surface area contributed by atoms with Gasteiger partial charge in [0.15, 0.2) is 5.69 Å². The Balaban J connectivity index is 1.56. The number of aryl methyl sites for hydroxylation is 3. The van der Waals surface area contributed by atoms with Gasteiger partial charge in [-0.15, -0.1) is 16.9 Å². The van der Waals surface area contributed by atoms with Gasteiger partial charge in [-0.1, -0.05) is 47.6 Å². The maximum atomic E-state index is 12.3. The van der Waals surface area contributed by atoms with Gasteiger partial charge in [0.05, 0.1) is 18.2 Å². The number of nitrogens with zero attached hydrogens (tertiary/aromatic N) is 3. The van der Waals surface area contributed by atoms with Crippen molar-refractivity contribution in [1.82, 2.24) is 9.88 Å². The molecule has 2 N–H and O–H groups in total. The SMILES string of the molecule is COC(=O)c1ccc(CCSc2ccc3c(c2)c(N=NC(=O)NC(C)(C)C)c(O)n3CCc2ccccc2)cc1. The second kappa shape index (κ2) is 12.8. The molecule has 9 heteroatoms. The minimum Gasteiger partial charge on any atom is -0.493 e. The number of aromatic nitrogens is 1. The Bertz CT molecular complexity index is 1510. The van der Waals surface area contributed by atoms with Crippen molar-refractivity contribution in [2.45, 2.75) is 50.6 Å². The van der Waals surface area contributed by atoms with Crippen molar-refractivity contribution in [3.63, 3.8) is 0 Å². The Labute approximate surface area is 238 Å². The summed E-state index contributed by atoms with van der Waals surface area (Å²) in [5, 5.41) is 22.7. The number of rotatable bonds is 9. The van der Waals surface area contributed by atoms with Crippen molar-refractivity contribution in [1.29, 1.82) is 0 Å². The average Bonchev–Trinajstić information content (AvgIpc) is 3.19. The van der Waals surface area contributed by atoms with Gasteiger partial charge >= 0.3 is 12.0 Å². The molecule has 0 aliphatic rings. The molecule has 0 atom stereocenters. The third kappa shape index (κ3) is 7.51. The number of methoxy groups -OCH3 is 1. The van der Waals surface area contributed by atoms with E-state index in [9.17, 15) is 14.7 Å². The average molecular weight is 559 g/mol. The number of carbonyl (C=O) groups is 2. The normalized spacial score (nSPS) is 11.7. The fourth-order valence-corrected chi connectivity index (χ4v) is 5.20. The number of carbonyl (C=O) groups excluding carboxylic acids is 2. The molecule has 40 heavy (non-hydrogen) atoms. The van der Waals surface area contributed by atoms with Crippen LogP contribution in [0.3, 0.4) is 0 Å². The van der Waals surface area contributed by atoms with Crippen LogP contribution in [0.5, 0.6) is 5.88 Å². The van der Waals surface area contributed by atoms with E-state index in [1.54, 1.807) is 23.9 Å². The smallest absolute Gasteiger partial charge is 0.360 e. The van der Waals surface area contributed by atoms with Crippen molar-refractivity contribution < 1.29 is 19.4 Å². The van der Waals surface area contributed by atoms with Gasteiger partial charge in [0, 0.05) is 28.1 Å². The second-order valence-electron chi connectivity index (χ2n) is 10.4. The lowest BCUT2D eigenvalue weighted by Crippen LogP contribution is -2.38. The van der Waals surface area contributed by atoms with E-state index in [0.717, 1.165) is 45.5 Å². The van der Waals surface area contributed by atoms with Crippen LogP contribution in [0, 0.1) is 0 Å². The van der Waals surface area contributed by atoms with E-state index in [2.05, 4.69) is 27.7 Å². The summed E-state index contributed by atoms with van der Waals surface area (Å²) in [5.74, 6) is 0.442. The fraction of sp³-hybridized carbons (Fsp3) is 0.290. The summed E-state index contributed by atoms with van der Waals surface area (Å²) >= 11 is 1.68. The van der Waals surface area contributed by atoms with Gasteiger partial charge in [-0.2, -0.15) is 0 Å². The summed E-state index contributed by atoms with van der Waals surface area (Å²) < 4.78 is 6.58. The molecule has 0 saturated heterocycles. The number of hydrogen-bond acceptors (Lipinski definition) is 6. The van der Waals surface area contributed by atoms with Gasteiger partial charge in [-0.3, -0.25) is 0 Å². The van der Waals surface area contributed by atoms with Crippen LogP contribution in [-0.4, -0.2) is 40.1 Å². The van der Waals surface area contributed by atoms with Crippen LogP contribution in [0.1, 0.15) is 42.3 Å². The molecular weight excluding hydrogens is 524 g/mol. The monoisotopic (exact) mass is 558 g/mol. The number of benzene rings is 3. The molecule has 0 fully saturated rings. The van der Waals surface area contributed by atoms with Gasteiger partial charge in [0.2, 0.25) is 5.88 Å². The molecule has 0 aliphatic heterocycles. The number of nitrogens with one attached hydrogen (secondary N) is 1. The Morgan fingerprint density at radius 1 is 0.975 bits per heavy atom. The molecule has 0 radical (unpaired) electrons. The highest BCUT2D eigenvalue weighted by Crippen LogP contribution is 2.41. The number of aromatic hydroxyl groups is 1. The van der Waals surface area contributed by atoms with Crippen molar-refractivity contribution in [3.05, 3.63) is 89.5 Å². The maximum absolute atomic E-state index is 12.3. The first-order valence-corrected chi connectivity index (χ1v) is 14.1. The van der Waals surface area contributed by atoms with Crippen LogP contribution in [0.4, 0.5) is 10.5 Å². The van der Waals surface area contributed by atoms with Crippen LogP contribution in [-0.2, 0) is 24.1 Å². The molecule has 4 aromatic rings. The molecule has 1 heterocycles. The molecule has 0 saturated carbocycles. The zero-order valence-electron chi connectivity index (χ0n) is 23.2. The molecular formula is C31H34N4O4S. The first-order valence-electron chi connectivity index (χ1n) is 13.1. The van der Waals surface area contributed by atoms with E-state index >= 15 is 0 Å².